The molecular weight excluding hydrogens is 602 g/mol. The van der Waals surface area contributed by atoms with E-state index in [9.17, 15) is 19.2 Å². The van der Waals surface area contributed by atoms with E-state index in [1.54, 1.807) is 97.1 Å². The van der Waals surface area contributed by atoms with Gasteiger partial charge in [-0.25, -0.2) is 14.6 Å². The summed E-state index contributed by atoms with van der Waals surface area (Å²) < 4.78 is 11.7. The molecule has 1 aliphatic rings. The molecule has 4 aromatic rings. The van der Waals surface area contributed by atoms with Gasteiger partial charge in [0.25, 0.3) is 17.7 Å². The highest BCUT2D eigenvalue weighted by atomic mass is 79.9. The Morgan fingerprint density at radius 2 is 1.33 bits per heavy atom. The number of barbiturate groups is 1. The summed E-state index contributed by atoms with van der Waals surface area (Å²) in [5.41, 5.74) is 1.47. The summed E-state index contributed by atoms with van der Waals surface area (Å²) in [5, 5.41) is 2.74. The highest BCUT2D eigenvalue weighted by molar-refractivity contribution is 9.10. The summed E-state index contributed by atoms with van der Waals surface area (Å²) in [7, 11) is 1.43. The number of methoxy groups -OCH3 is 1. The molecule has 0 radical (unpaired) electrons. The third-order valence-corrected chi connectivity index (χ3v) is 6.84. The van der Waals surface area contributed by atoms with E-state index in [-0.39, 0.29) is 29.6 Å². The van der Waals surface area contributed by atoms with Crippen LogP contribution in [0.5, 0.6) is 11.5 Å². The quantitative estimate of drug-likeness (QED) is 0.188. The lowest BCUT2D eigenvalue weighted by molar-refractivity contribution is -0.121. The molecule has 5 amide bonds. The van der Waals surface area contributed by atoms with Crippen LogP contribution in [0.1, 0.15) is 5.56 Å². The SMILES string of the molecule is COc1cc(C=C2C(=O)N(c3ccccc3)C(=O)N(c3ccccc3)C2=O)cc(Br)c1OCC(=O)Nc1ccccc1. The topological polar surface area (TPSA) is 105 Å². The number of ether oxygens (including phenoxy) is 2. The van der Waals surface area contributed by atoms with Gasteiger partial charge in [-0.3, -0.25) is 14.4 Å². The minimum Gasteiger partial charge on any atom is -0.493 e. The molecule has 42 heavy (non-hydrogen) atoms. The normalized spacial score (nSPS) is 13.2. The molecule has 1 N–H and O–H groups in total. The maximum absolute atomic E-state index is 13.6. The summed E-state index contributed by atoms with van der Waals surface area (Å²) in [5.74, 6) is -1.38. The minimum atomic E-state index is -0.782. The Balaban J connectivity index is 1.47. The average molecular weight is 626 g/mol. The summed E-state index contributed by atoms with van der Waals surface area (Å²) in [6.07, 6.45) is 1.39. The van der Waals surface area contributed by atoms with Crippen LogP contribution in [0.3, 0.4) is 0 Å². The second-order valence-electron chi connectivity index (χ2n) is 9.03. The van der Waals surface area contributed by atoms with Crippen LogP contribution in [-0.4, -0.2) is 37.5 Å². The molecule has 1 heterocycles. The first-order chi connectivity index (χ1) is 20.4. The Morgan fingerprint density at radius 1 is 0.810 bits per heavy atom. The van der Waals surface area contributed by atoms with Gasteiger partial charge in [0, 0.05) is 5.69 Å². The number of rotatable bonds is 8. The van der Waals surface area contributed by atoms with Crippen molar-refractivity contribution in [2.75, 3.05) is 28.8 Å². The predicted octanol–water partition coefficient (Wildman–Crippen LogP) is 6.06. The molecule has 1 saturated heterocycles. The molecule has 9 nitrogen and oxygen atoms in total. The molecule has 1 fully saturated rings. The minimum absolute atomic E-state index is 0.229. The number of para-hydroxylation sites is 3. The molecule has 4 aromatic carbocycles. The maximum atomic E-state index is 13.6. The molecule has 0 aliphatic carbocycles. The number of urea groups is 1. The molecule has 1 aliphatic heterocycles. The van der Waals surface area contributed by atoms with Gasteiger partial charge in [0.1, 0.15) is 5.57 Å². The van der Waals surface area contributed by atoms with Crippen molar-refractivity contribution in [3.63, 3.8) is 0 Å². The number of imide groups is 2. The van der Waals surface area contributed by atoms with Crippen LogP contribution in [0.25, 0.3) is 6.08 Å². The Bertz CT molecular complexity index is 1610. The van der Waals surface area contributed by atoms with Gasteiger partial charge in [-0.05, 0) is 76.1 Å². The Kier molecular flexibility index (Phi) is 8.44. The fraction of sp³-hybridized carbons (Fsp3) is 0.0625. The third kappa shape index (κ3) is 5.93. The molecule has 10 heteroatoms. The van der Waals surface area contributed by atoms with E-state index in [0.717, 1.165) is 9.80 Å². The second-order valence-corrected chi connectivity index (χ2v) is 9.88. The first-order valence-electron chi connectivity index (χ1n) is 12.8. The van der Waals surface area contributed by atoms with Gasteiger partial charge < -0.3 is 14.8 Å². The van der Waals surface area contributed by atoms with E-state index in [1.165, 1.54) is 13.2 Å². The second kappa shape index (κ2) is 12.5. The number of halogens is 1. The molecule has 0 bridgehead atoms. The number of carbonyl (C=O) groups excluding carboxylic acids is 4. The number of amides is 5. The first-order valence-corrected chi connectivity index (χ1v) is 13.6. The fourth-order valence-corrected chi connectivity index (χ4v) is 4.90. The zero-order chi connectivity index (χ0) is 29.6. The zero-order valence-corrected chi connectivity index (χ0v) is 23.9. The molecular formula is C32H24BrN3O6. The van der Waals surface area contributed by atoms with Crippen molar-refractivity contribution in [3.8, 4) is 11.5 Å². The number of benzene rings is 4. The standard InChI is InChI=1S/C32H24BrN3O6/c1-41-27-19-21(18-26(33)29(27)42-20-28(37)34-22-11-5-2-6-12-22)17-25-30(38)35(23-13-7-3-8-14-23)32(40)36(31(25)39)24-15-9-4-10-16-24/h2-19H,20H2,1H3,(H,34,37). The van der Waals surface area contributed by atoms with Crippen molar-refractivity contribution < 1.29 is 28.7 Å². The van der Waals surface area contributed by atoms with E-state index >= 15 is 0 Å². The number of nitrogens with one attached hydrogen (secondary N) is 1. The average Bonchev–Trinajstić information content (AvgIpc) is 3.00. The molecule has 0 spiro atoms. The lowest BCUT2D eigenvalue weighted by Gasteiger charge is -2.34. The highest BCUT2D eigenvalue weighted by Crippen LogP contribution is 2.38. The summed E-state index contributed by atoms with van der Waals surface area (Å²) in [4.78, 5) is 55.1. The molecule has 0 saturated carbocycles. The van der Waals surface area contributed by atoms with Crippen LogP contribution >= 0.6 is 15.9 Å². The van der Waals surface area contributed by atoms with Crippen molar-refractivity contribution in [1.29, 1.82) is 0 Å². The maximum Gasteiger partial charge on any atom is 0.343 e. The van der Waals surface area contributed by atoms with Crippen molar-refractivity contribution >= 4 is 62.8 Å². The Morgan fingerprint density at radius 3 is 1.86 bits per heavy atom. The highest BCUT2D eigenvalue weighted by Gasteiger charge is 2.43. The number of anilines is 3. The van der Waals surface area contributed by atoms with Crippen LogP contribution < -0.4 is 24.6 Å². The monoisotopic (exact) mass is 625 g/mol. The third-order valence-electron chi connectivity index (χ3n) is 6.25. The van der Waals surface area contributed by atoms with Gasteiger partial charge >= 0.3 is 6.03 Å². The molecule has 0 atom stereocenters. The Labute approximate surface area is 250 Å². The number of hydrogen-bond donors (Lipinski definition) is 1. The van der Waals surface area contributed by atoms with Crippen molar-refractivity contribution in [2.24, 2.45) is 0 Å². The number of nitrogens with zero attached hydrogens (tertiary/aromatic N) is 2. The van der Waals surface area contributed by atoms with Crippen molar-refractivity contribution in [1.82, 2.24) is 0 Å². The molecule has 0 aromatic heterocycles. The lowest BCUT2D eigenvalue weighted by Crippen LogP contribution is -2.57. The van der Waals surface area contributed by atoms with Gasteiger partial charge in [-0.15, -0.1) is 0 Å². The first kappa shape index (κ1) is 28.3. The zero-order valence-electron chi connectivity index (χ0n) is 22.3. The van der Waals surface area contributed by atoms with Crippen LogP contribution in [0.2, 0.25) is 0 Å². The molecule has 0 unspecified atom stereocenters. The Hall–Kier alpha value is -5.22. The van der Waals surface area contributed by atoms with Crippen LogP contribution in [0, 0.1) is 0 Å². The number of hydrogen-bond acceptors (Lipinski definition) is 6. The van der Waals surface area contributed by atoms with Gasteiger partial charge in [0.15, 0.2) is 18.1 Å². The van der Waals surface area contributed by atoms with Crippen LogP contribution in [0.4, 0.5) is 21.9 Å². The van der Waals surface area contributed by atoms with E-state index in [4.69, 9.17) is 9.47 Å². The van der Waals surface area contributed by atoms with E-state index in [2.05, 4.69) is 21.2 Å². The smallest absolute Gasteiger partial charge is 0.343 e. The van der Waals surface area contributed by atoms with E-state index in [1.807, 2.05) is 6.07 Å². The van der Waals surface area contributed by atoms with Crippen LogP contribution in [-0.2, 0) is 14.4 Å². The van der Waals surface area contributed by atoms with Gasteiger partial charge in [0.05, 0.1) is 23.0 Å². The summed E-state index contributed by atoms with van der Waals surface area (Å²) >= 11 is 3.45. The van der Waals surface area contributed by atoms with Crippen molar-refractivity contribution in [3.05, 3.63) is 119 Å². The summed E-state index contributed by atoms with van der Waals surface area (Å²) in [6, 6.07) is 28.2. The summed E-state index contributed by atoms with van der Waals surface area (Å²) in [6.45, 7) is -0.290. The van der Waals surface area contributed by atoms with Crippen molar-refractivity contribution in [2.45, 2.75) is 0 Å². The van der Waals surface area contributed by atoms with Gasteiger partial charge in [-0.2, -0.15) is 0 Å². The van der Waals surface area contributed by atoms with Gasteiger partial charge in [0.2, 0.25) is 0 Å². The molecule has 210 valence electrons. The van der Waals surface area contributed by atoms with E-state index in [0.29, 0.717) is 27.1 Å². The largest absolute Gasteiger partial charge is 0.493 e. The van der Waals surface area contributed by atoms with E-state index < -0.39 is 17.8 Å². The van der Waals surface area contributed by atoms with Gasteiger partial charge in [-0.1, -0.05) is 54.6 Å². The lowest BCUT2D eigenvalue weighted by atomic mass is 10.0. The fourth-order valence-electron chi connectivity index (χ4n) is 4.33. The predicted molar refractivity (Wildman–Crippen MR) is 162 cm³/mol. The molecule has 5 rings (SSSR count). The number of carbonyl (C=O) groups is 4. The van der Waals surface area contributed by atoms with Crippen LogP contribution in [0.15, 0.2) is 113 Å².